The molecule has 4 heterocycles. The van der Waals surface area contributed by atoms with Crippen LogP contribution in [0.3, 0.4) is 0 Å². The molecule has 104 valence electrons. The Hall–Kier alpha value is -1.35. The minimum absolute atomic E-state index is 0.173. The van der Waals surface area contributed by atoms with Crippen molar-refractivity contribution in [3.63, 3.8) is 0 Å². The lowest BCUT2D eigenvalue weighted by Crippen LogP contribution is -2.29. The van der Waals surface area contributed by atoms with E-state index in [0.717, 1.165) is 28.8 Å². The molecule has 1 atom stereocenters. The van der Waals surface area contributed by atoms with Crippen molar-refractivity contribution in [1.29, 1.82) is 0 Å². The van der Waals surface area contributed by atoms with Crippen LogP contribution in [0.15, 0.2) is 11.4 Å². The largest absolute Gasteiger partial charge is 0.377 e. The predicted octanol–water partition coefficient (Wildman–Crippen LogP) is 1.63. The molecule has 1 N–H and O–H groups in total. The number of hydrogen-bond acceptors (Lipinski definition) is 7. The molecule has 1 aliphatic rings. The number of nitrogens with one attached hydrogen (secondary N) is 1. The lowest BCUT2D eigenvalue weighted by atomic mass is 10.0. The van der Waals surface area contributed by atoms with Gasteiger partial charge in [0.25, 0.3) is 0 Å². The molecule has 3 aromatic rings. The second-order valence-corrected chi connectivity index (χ2v) is 6.61. The first kappa shape index (κ1) is 12.4. The van der Waals surface area contributed by atoms with Crippen LogP contribution in [-0.2, 0) is 17.8 Å². The maximum absolute atomic E-state index is 5.12. The third kappa shape index (κ3) is 1.87. The van der Waals surface area contributed by atoms with Crippen molar-refractivity contribution in [3.05, 3.63) is 32.7 Å². The molecule has 0 fully saturated rings. The molecular weight excluding hydrogens is 294 g/mol. The van der Waals surface area contributed by atoms with Crippen LogP contribution < -0.4 is 5.32 Å². The second-order valence-electron chi connectivity index (χ2n) is 4.62. The number of rotatable bonds is 3. The zero-order valence-corrected chi connectivity index (χ0v) is 12.5. The van der Waals surface area contributed by atoms with Gasteiger partial charge in [-0.15, -0.1) is 21.5 Å². The zero-order valence-electron chi connectivity index (χ0n) is 10.9. The first-order valence-corrected chi connectivity index (χ1v) is 8.06. The highest BCUT2D eigenvalue weighted by Gasteiger charge is 2.26. The fourth-order valence-corrected chi connectivity index (χ4v) is 4.35. The molecule has 1 aliphatic heterocycles. The Morgan fingerprint density at radius 1 is 1.50 bits per heavy atom. The van der Waals surface area contributed by atoms with Crippen molar-refractivity contribution < 1.29 is 4.74 Å². The standard InChI is InChI=1S/C12H13N5OS2/c1-18-6-9-14-15-12-17(9)16-11(20-12)10-7-3-5-19-8(7)2-4-13-10/h3,5,10,13H,2,4,6H2,1H3. The van der Waals surface area contributed by atoms with Gasteiger partial charge in [-0.25, -0.2) is 0 Å². The van der Waals surface area contributed by atoms with Crippen LogP contribution in [0.4, 0.5) is 0 Å². The summed E-state index contributed by atoms with van der Waals surface area (Å²) in [6, 6.07) is 2.36. The van der Waals surface area contributed by atoms with Crippen LogP contribution in [0.2, 0.25) is 0 Å². The number of nitrogens with zero attached hydrogens (tertiary/aromatic N) is 4. The highest BCUT2D eigenvalue weighted by atomic mass is 32.1. The highest BCUT2D eigenvalue weighted by molar-refractivity contribution is 7.16. The van der Waals surface area contributed by atoms with E-state index >= 15 is 0 Å². The number of methoxy groups -OCH3 is 1. The first-order chi connectivity index (χ1) is 9.86. The van der Waals surface area contributed by atoms with E-state index < -0.39 is 0 Å². The average molecular weight is 307 g/mol. The van der Waals surface area contributed by atoms with Gasteiger partial charge in [0.2, 0.25) is 4.96 Å². The summed E-state index contributed by atoms with van der Waals surface area (Å²) >= 11 is 3.41. The summed E-state index contributed by atoms with van der Waals surface area (Å²) in [5, 5.41) is 19.6. The van der Waals surface area contributed by atoms with Gasteiger partial charge in [0, 0.05) is 18.5 Å². The molecule has 6 nitrogen and oxygen atoms in total. The molecule has 0 spiro atoms. The fraction of sp³-hybridized carbons (Fsp3) is 0.417. The van der Waals surface area contributed by atoms with Gasteiger partial charge in [0.1, 0.15) is 11.6 Å². The van der Waals surface area contributed by atoms with Crippen molar-refractivity contribution in [2.75, 3.05) is 13.7 Å². The lowest BCUT2D eigenvalue weighted by Gasteiger charge is -2.21. The molecular formula is C12H13N5OS2. The SMILES string of the molecule is COCc1nnc2sc(C3NCCc4sccc43)nn12. The van der Waals surface area contributed by atoms with E-state index in [2.05, 4.69) is 32.1 Å². The maximum atomic E-state index is 5.12. The molecule has 0 amide bonds. The molecule has 0 saturated heterocycles. The molecule has 0 aromatic carbocycles. The van der Waals surface area contributed by atoms with E-state index in [1.54, 1.807) is 23.0 Å². The van der Waals surface area contributed by atoms with Crippen molar-refractivity contribution in [2.24, 2.45) is 0 Å². The Balaban J connectivity index is 1.76. The van der Waals surface area contributed by atoms with Crippen LogP contribution in [-0.4, -0.2) is 33.5 Å². The minimum atomic E-state index is 0.173. The van der Waals surface area contributed by atoms with Crippen molar-refractivity contribution in [2.45, 2.75) is 19.1 Å². The Labute approximate surface area is 123 Å². The van der Waals surface area contributed by atoms with Gasteiger partial charge in [-0.2, -0.15) is 9.61 Å². The molecule has 0 radical (unpaired) electrons. The second kappa shape index (κ2) is 4.88. The van der Waals surface area contributed by atoms with E-state index in [-0.39, 0.29) is 6.04 Å². The van der Waals surface area contributed by atoms with E-state index in [1.165, 1.54) is 10.4 Å². The van der Waals surface area contributed by atoms with Gasteiger partial charge in [-0.1, -0.05) is 11.3 Å². The van der Waals surface area contributed by atoms with Gasteiger partial charge in [-0.3, -0.25) is 0 Å². The summed E-state index contributed by atoms with van der Waals surface area (Å²) in [6.07, 6.45) is 1.10. The van der Waals surface area contributed by atoms with Gasteiger partial charge >= 0.3 is 0 Å². The molecule has 1 unspecified atom stereocenters. The molecule has 20 heavy (non-hydrogen) atoms. The van der Waals surface area contributed by atoms with Gasteiger partial charge in [-0.05, 0) is 23.4 Å². The molecule has 4 rings (SSSR count). The Bertz CT molecular complexity index is 746. The number of ether oxygens (including phenoxy) is 1. The van der Waals surface area contributed by atoms with Gasteiger partial charge < -0.3 is 10.1 Å². The maximum Gasteiger partial charge on any atom is 0.234 e. The van der Waals surface area contributed by atoms with E-state index in [0.29, 0.717) is 6.61 Å². The third-order valence-corrected chi connectivity index (χ3v) is 5.34. The van der Waals surface area contributed by atoms with Crippen LogP contribution >= 0.6 is 22.7 Å². The Morgan fingerprint density at radius 3 is 3.35 bits per heavy atom. The number of hydrogen-bond donors (Lipinski definition) is 1. The monoisotopic (exact) mass is 307 g/mol. The van der Waals surface area contributed by atoms with E-state index in [9.17, 15) is 0 Å². The van der Waals surface area contributed by atoms with Gasteiger partial charge in [0.15, 0.2) is 5.82 Å². The summed E-state index contributed by atoms with van der Waals surface area (Å²) in [7, 11) is 1.65. The number of fused-ring (bicyclic) bond motifs is 2. The summed E-state index contributed by atoms with van der Waals surface area (Å²) < 4.78 is 6.90. The number of thiophene rings is 1. The topological polar surface area (TPSA) is 64.3 Å². The van der Waals surface area contributed by atoms with Crippen LogP contribution in [0.1, 0.15) is 27.3 Å². The summed E-state index contributed by atoms with van der Waals surface area (Å²) in [4.78, 5) is 2.27. The normalized spacial score (nSPS) is 18.6. The minimum Gasteiger partial charge on any atom is -0.377 e. The van der Waals surface area contributed by atoms with Crippen molar-refractivity contribution in [1.82, 2.24) is 25.1 Å². The Kier molecular flexibility index (Phi) is 3.03. The van der Waals surface area contributed by atoms with Crippen LogP contribution in [0.25, 0.3) is 4.96 Å². The lowest BCUT2D eigenvalue weighted by molar-refractivity contribution is 0.176. The zero-order chi connectivity index (χ0) is 13.5. The summed E-state index contributed by atoms with van der Waals surface area (Å²) in [5.41, 5.74) is 1.35. The third-order valence-electron chi connectivity index (χ3n) is 3.38. The summed E-state index contributed by atoms with van der Waals surface area (Å²) in [6.45, 7) is 1.41. The van der Waals surface area contributed by atoms with Crippen LogP contribution in [0.5, 0.6) is 0 Å². The molecule has 0 saturated carbocycles. The van der Waals surface area contributed by atoms with E-state index in [4.69, 9.17) is 4.74 Å². The number of aromatic nitrogens is 4. The van der Waals surface area contributed by atoms with Crippen LogP contribution in [0, 0.1) is 0 Å². The molecule has 0 aliphatic carbocycles. The first-order valence-electron chi connectivity index (χ1n) is 6.36. The molecule has 3 aromatic heterocycles. The highest BCUT2D eigenvalue weighted by Crippen LogP contribution is 2.33. The molecule has 0 bridgehead atoms. The fourth-order valence-electron chi connectivity index (χ4n) is 2.48. The van der Waals surface area contributed by atoms with E-state index in [1.807, 2.05) is 11.3 Å². The Morgan fingerprint density at radius 2 is 2.45 bits per heavy atom. The smallest absolute Gasteiger partial charge is 0.234 e. The van der Waals surface area contributed by atoms with Crippen molar-refractivity contribution in [3.8, 4) is 0 Å². The predicted molar refractivity (Wildman–Crippen MR) is 77.2 cm³/mol. The average Bonchev–Trinajstić information content (AvgIpc) is 3.14. The van der Waals surface area contributed by atoms with Gasteiger partial charge in [0.05, 0.1) is 6.04 Å². The summed E-state index contributed by atoms with van der Waals surface area (Å²) in [5.74, 6) is 0.742. The van der Waals surface area contributed by atoms with Crippen molar-refractivity contribution >= 4 is 27.6 Å². The molecule has 8 heteroatoms. The quantitative estimate of drug-likeness (QED) is 0.797.